The maximum Gasteiger partial charge on any atom is 0.262 e. The van der Waals surface area contributed by atoms with Gasteiger partial charge in [-0.2, -0.15) is 0 Å². The third-order valence-electron chi connectivity index (χ3n) is 5.89. The summed E-state index contributed by atoms with van der Waals surface area (Å²) in [6.45, 7) is 7.32. The van der Waals surface area contributed by atoms with E-state index in [-0.39, 0.29) is 17.5 Å². The molecule has 1 aromatic heterocycles. The molecule has 2 atom stereocenters. The van der Waals surface area contributed by atoms with Gasteiger partial charge in [0.05, 0.1) is 24.1 Å². The first-order valence-corrected chi connectivity index (χ1v) is 11.7. The Balaban J connectivity index is 1.73. The number of ether oxygens (including phenoxy) is 2. The summed E-state index contributed by atoms with van der Waals surface area (Å²) < 4.78 is 13.1. The van der Waals surface area contributed by atoms with E-state index in [4.69, 9.17) is 21.7 Å². The molecule has 170 valence electrons. The van der Waals surface area contributed by atoms with Crippen LogP contribution in [-0.2, 0) is 11.3 Å². The number of carbonyl (C=O) groups excluding carboxylic acids is 1. The summed E-state index contributed by atoms with van der Waals surface area (Å²) in [6.07, 6.45) is 5.55. The second kappa shape index (κ2) is 10.8. The third kappa shape index (κ3) is 5.67. The smallest absolute Gasteiger partial charge is 0.262 e. The minimum atomic E-state index is -0.191. The first kappa shape index (κ1) is 23.3. The first-order chi connectivity index (χ1) is 14.9. The van der Waals surface area contributed by atoms with Crippen molar-refractivity contribution in [3.8, 4) is 11.5 Å². The van der Waals surface area contributed by atoms with Crippen LogP contribution in [0.3, 0.4) is 0 Å². The molecule has 1 aromatic carbocycles. The van der Waals surface area contributed by atoms with Crippen LogP contribution in [0.25, 0.3) is 10.9 Å². The van der Waals surface area contributed by atoms with E-state index in [9.17, 15) is 9.59 Å². The number of amides is 1. The van der Waals surface area contributed by atoms with Gasteiger partial charge >= 0.3 is 0 Å². The summed E-state index contributed by atoms with van der Waals surface area (Å²) >= 11 is 5.42. The lowest BCUT2D eigenvalue weighted by Crippen LogP contribution is -2.41. The Morgan fingerprint density at radius 1 is 1.19 bits per heavy atom. The number of H-pyrrole nitrogens is 1. The van der Waals surface area contributed by atoms with E-state index in [1.54, 1.807) is 12.1 Å². The second-order valence-electron chi connectivity index (χ2n) is 8.14. The van der Waals surface area contributed by atoms with Gasteiger partial charge in [0.25, 0.3) is 5.56 Å². The average Bonchev–Trinajstić information content (AvgIpc) is 2.73. The summed E-state index contributed by atoms with van der Waals surface area (Å²) in [7, 11) is 0. The summed E-state index contributed by atoms with van der Waals surface area (Å²) in [5.41, 5.74) is 0.422. The molecule has 1 saturated carbocycles. The fourth-order valence-electron chi connectivity index (χ4n) is 4.21. The molecular formula is C23H33N3O4S. The normalized spacial score (nSPS) is 18.7. The number of hydrogen-bond acceptors (Lipinski definition) is 5. The van der Waals surface area contributed by atoms with Gasteiger partial charge < -0.3 is 19.8 Å². The predicted octanol–water partition coefficient (Wildman–Crippen LogP) is 4.33. The van der Waals surface area contributed by atoms with Gasteiger partial charge in [0.1, 0.15) is 0 Å². The molecular weight excluding hydrogens is 414 g/mol. The van der Waals surface area contributed by atoms with Gasteiger partial charge in [0.2, 0.25) is 5.91 Å². The molecule has 2 aromatic rings. The summed E-state index contributed by atoms with van der Waals surface area (Å²) in [6, 6.07) is 3.72. The molecule has 7 nitrogen and oxygen atoms in total. The minimum Gasteiger partial charge on any atom is -0.490 e. The zero-order valence-electron chi connectivity index (χ0n) is 18.7. The Kier molecular flexibility index (Phi) is 8.12. The lowest BCUT2D eigenvalue weighted by Gasteiger charge is -2.29. The van der Waals surface area contributed by atoms with Crippen molar-refractivity contribution < 1.29 is 14.3 Å². The molecule has 1 heterocycles. The van der Waals surface area contributed by atoms with E-state index in [1.807, 2.05) is 13.8 Å². The topological polar surface area (TPSA) is 85.4 Å². The lowest BCUT2D eigenvalue weighted by molar-refractivity contribution is -0.122. The molecule has 0 bridgehead atoms. The fraction of sp³-hybridized carbons (Fsp3) is 0.609. The minimum absolute atomic E-state index is 0.0440. The number of rotatable bonds is 9. The van der Waals surface area contributed by atoms with Crippen LogP contribution in [0.2, 0.25) is 0 Å². The number of carbonyl (C=O) groups is 1. The van der Waals surface area contributed by atoms with E-state index in [2.05, 4.69) is 17.2 Å². The van der Waals surface area contributed by atoms with Crippen LogP contribution >= 0.6 is 12.2 Å². The molecule has 1 aliphatic rings. The van der Waals surface area contributed by atoms with Gasteiger partial charge in [-0.1, -0.05) is 19.8 Å². The lowest BCUT2D eigenvalue weighted by atomic mass is 9.86. The molecule has 1 aliphatic carbocycles. The monoisotopic (exact) mass is 447 g/mol. The SMILES string of the molecule is CCOc1cc2[nH]c(=S)n(CCCC(=O)NC3CCCCC3C)c(=O)c2cc1OCC. The van der Waals surface area contributed by atoms with Gasteiger partial charge in [0, 0.05) is 25.1 Å². The Morgan fingerprint density at radius 3 is 2.55 bits per heavy atom. The molecule has 31 heavy (non-hydrogen) atoms. The first-order valence-electron chi connectivity index (χ1n) is 11.3. The zero-order chi connectivity index (χ0) is 22.4. The molecule has 2 unspecified atom stereocenters. The second-order valence-corrected chi connectivity index (χ2v) is 8.52. The Labute approximate surface area is 188 Å². The van der Waals surface area contributed by atoms with Crippen molar-refractivity contribution in [2.45, 2.75) is 71.9 Å². The molecule has 1 amide bonds. The molecule has 0 spiro atoms. The number of benzene rings is 1. The molecule has 8 heteroatoms. The number of fused-ring (bicyclic) bond motifs is 1. The van der Waals surface area contributed by atoms with Gasteiger partial charge in [-0.3, -0.25) is 14.2 Å². The van der Waals surface area contributed by atoms with Crippen LogP contribution in [0.15, 0.2) is 16.9 Å². The van der Waals surface area contributed by atoms with E-state index >= 15 is 0 Å². The van der Waals surface area contributed by atoms with Crippen LogP contribution in [0.1, 0.15) is 59.3 Å². The van der Waals surface area contributed by atoms with Crippen molar-refractivity contribution in [3.63, 3.8) is 0 Å². The highest BCUT2D eigenvalue weighted by molar-refractivity contribution is 7.71. The summed E-state index contributed by atoms with van der Waals surface area (Å²) in [5.74, 6) is 1.68. The van der Waals surface area contributed by atoms with Crippen molar-refractivity contribution in [2.75, 3.05) is 13.2 Å². The number of nitrogens with one attached hydrogen (secondary N) is 2. The Morgan fingerprint density at radius 2 is 1.87 bits per heavy atom. The maximum absolute atomic E-state index is 13.1. The van der Waals surface area contributed by atoms with Crippen molar-refractivity contribution in [1.29, 1.82) is 0 Å². The van der Waals surface area contributed by atoms with E-state index in [1.165, 1.54) is 23.8 Å². The third-order valence-corrected chi connectivity index (χ3v) is 6.21. The van der Waals surface area contributed by atoms with Gasteiger partial charge in [-0.25, -0.2) is 0 Å². The number of nitrogens with zero attached hydrogens (tertiary/aromatic N) is 1. The number of hydrogen-bond donors (Lipinski definition) is 2. The molecule has 2 N–H and O–H groups in total. The van der Waals surface area contributed by atoms with Gasteiger partial charge in [-0.05, 0) is 57.3 Å². The van der Waals surface area contributed by atoms with Crippen LogP contribution in [0.4, 0.5) is 0 Å². The standard InChI is InChI=1S/C23H33N3O4S/c1-4-29-19-13-16-18(14-20(19)30-5-2)25-23(31)26(22(16)28)12-8-11-21(27)24-17-10-7-6-9-15(17)3/h13-15,17H,4-12H2,1-3H3,(H,24,27)(H,25,31). The van der Waals surface area contributed by atoms with Crippen molar-refractivity contribution >= 4 is 29.0 Å². The largest absolute Gasteiger partial charge is 0.490 e. The number of aromatic nitrogens is 2. The highest BCUT2D eigenvalue weighted by Gasteiger charge is 2.22. The maximum atomic E-state index is 13.1. The Bertz CT molecular complexity index is 1030. The van der Waals surface area contributed by atoms with Crippen LogP contribution in [0.5, 0.6) is 11.5 Å². The van der Waals surface area contributed by atoms with Gasteiger partial charge in [-0.15, -0.1) is 0 Å². The fourth-order valence-corrected chi connectivity index (χ4v) is 4.49. The predicted molar refractivity (Wildman–Crippen MR) is 125 cm³/mol. The van der Waals surface area contributed by atoms with Crippen molar-refractivity contribution in [1.82, 2.24) is 14.9 Å². The highest BCUT2D eigenvalue weighted by atomic mass is 32.1. The zero-order valence-corrected chi connectivity index (χ0v) is 19.5. The molecule has 0 radical (unpaired) electrons. The quantitative estimate of drug-likeness (QED) is 0.559. The summed E-state index contributed by atoms with van der Waals surface area (Å²) in [5, 5.41) is 3.65. The molecule has 0 saturated heterocycles. The van der Waals surface area contributed by atoms with Crippen LogP contribution < -0.4 is 20.3 Å². The Hall–Kier alpha value is -2.35. The van der Waals surface area contributed by atoms with Crippen LogP contribution in [-0.4, -0.2) is 34.7 Å². The highest BCUT2D eigenvalue weighted by Crippen LogP contribution is 2.31. The molecule has 1 fully saturated rings. The average molecular weight is 448 g/mol. The molecule has 3 rings (SSSR count). The summed E-state index contributed by atoms with van der Waals surface area (Å²) in [4.78, 5) is 28.6. The van der Waals surface area contributed by atoms with Crippen LogP contribution in [0, 0.1) is 10.7 Å². The van der Waals surface area contributed by atoms with E-state index < -0.39 is 0 Å². The molecule has 0 aliphatic heterocycles. The van der Waals surface area contributed by atoms with Gasteiger partial charge in [0.15, 0.2) is 16.3 Å². The van der Waals surface area contributed by atoms with E-state index in [0.717, 1.165) is 6.42 Å². The number of aromatic amines is 1. The van der Waals surface area contributed by atoms with E-state index in [0.29, 0.717) is 65.7 Å². The van der Waals surface area contributed by atoms with Crippen molar-refractivity contribution in [3.05, 3.63) is 27.3 Å². The van der Waals surface area contributed by atoms with Crippen molar-refractivity contribution in [2.24, 2.45) is 5.92 Å².